The molecule has 2 heterocycles. The highest BCUT2D eigenvalue weighted by molar-refractivity contribution is 9.10. The summed E-state index contributed by atoms with van der Waals surface area (Å²) in [5.41, 5.74) is 0. The van der Waals surface area contributed by atoms with Crippen molar-refractivity contribution in [3.05, 3.63) is 20.8 Å². The molecular formula is C13H21BrN2S. The second kappa shape index (κ2) is 6.32. The SMILES string of the molecule is CCN(C1CCCNC1)C(C)c1cc(Br)cs1. The van der Waals surface area contributed by atoms with Gasteiger partial charge in [0, 0.05) is 33.4 Å². The molecule has 1 aliphatic rings. The topological polar surface area (TPSA) is 15.3 Å². The summed E-state index contributed by atoms with van der Waals surface area (Å²) in [5.74, 6) is 0. The molecule has 2 rings (SSSR count). The van der Waals surface area contributed by atoms with Gasteiger partial charge in [0.1, 0.15) is 0 Å². The zero-order chi connectivity index (χ0) is 12.3. The van der Waals surface area contributed by atoms with E-state index in [-0.39, 0.29) is 0 Å². The predicted molar refractivity (Wildman–Crippen MR) is 78.7 cm³/mol. The van der Waals surface area contributed by atoms with E-state index in [4.69, 9.17) is 0 Å². The van der Waals surface area contributed by atoms with Gasteiger partial charge >= 0.3 is 0 Å². The zero-order valence-electron chi connectivity index (χ0n) is 10.6. The first-order valence-electron chi connectivity index (χ1n) is 6.42. The van der Waals surface area contributed by atoms with Crippen molar-refractivity contribution in [2.75, 3.05) is 19.6 Å². The molecule has 1 fully saturated rings. The summed E-state index contributed by atoms with van der Waals surface area (Å²) in [6.45, 7) is 8.06. The smallest absolute Gasteiger partial charge is 0.0417 e. The van der Waals surface area contributed by atoms with Crippen molar-refractivity contribution >= 4 is 27.3 Å². The van der Waals surface area contributed by atoms with Gasteiger partial charge < -0.3 is 5.32 Å². The van der Waals surface area contributed by atoms with E-state index in [2.05, 4.69) is 51.4 Å². The van der Waals surface area contributed by atoms with Gasteiger partial charge in [0.05, 0.1) is 0 Å². The van der Waals surface area contributed by atoms with Crippen LogP contribution in [0.3, 0.4) is 0 Å². The molecule has 1 aromatic heterocycles. The van der Waals surface area contributed by atoms with E-state index in [9.17, 15) is 0 Å². The van der Waals surface area contributed by atoms with Crippen LogP contribution in [0.1, 0.15) is 37.6 Å². The molecule has 0 aromatic carbocycles. The Morgan fingerprint density at radius 1 is 1.65 bits per heavy atom. The van der Waals surface area contributed by atoms with Gasteiger partial charge in [-0.3, -0.25) is 4.90 Å². The molecule has 1 aliphatic heterocycles. The second-order valence-electron chi connectivity index (χ2n) is 4.67. The van der Waals surface area contributed by atoms with Crippen LogP contribution in [-0.2, 0) is 0 Å². The Morgan fingerprint density at radius 2 is 2.47 bits per heavy atom. The van der Waals surface area contributed by atoms with Gasteiger partial charge in [-0.2, -0.15) is 0 Å². The summed E-state index contributed by atoms with van der Waals surface area (Å²) in [5, 5.41) is 5.69. The van der Waals surface area contributed by atoms with Crippen LogP contribution in [0, 0.1) is 0 Å². The average Bonchev–Trinajstić information content (AvgIpc) is 2.78. The number of halogens is 1. The summed E-state index contributed by atoms with van der Waals surface area (Å²) < 4.78 is 1.21. The average molecular weight is 317 g/mol. The van der Waals surface area contributed by atoms with E-state index in [0.29, 0.717) is 12.1 Å². The van der Waals surface area contributed by atoms with Crippen LogP contribution in [0.5, 0.6) is 0 Å². The molecule has 1 aromatic rings. The predicted octanol–water partition coefficient (Wildman–Crippen LogP) is 3.65. The molecule has 4 heteroatoms. The molecule has 0 radical (unpaired) electrons. The fourth-order valence-electron chi connectivity index (χ4n) is 2.68. The Kier molecular flexibility index (Phi) is 5.03. The van der Waals surface area contributed by atoms with Crippen molar-refractivity contribution in [2.45, 2.75) is 38.8 Å². The molecule has 0 saturated carbocycles. The molecule has 2 nitrogen and oxygen atoms in total. The molecule has 1 saturated heterocycles. The Hall–Kier alpha value is 0.1000. The first kappa shape index (κ1) is 13.5. The quantitative estimate of drug-likeness (QED) is 0.912. The molecule has 96 valence electrons. The van der Waals surface area contributed by atoms with Crippen molar-refractivity contribution in [1.29, 1.82) is 0 Å². The number of nitrogens with zero attached hydrogens (tertiary/aromatic N) is 1. The summed E-state index contributed by atoms with van der Waals surface area (Å²) in [6.07, 6.45) is 2.64. The van der Waals surface area contributed by atoms with Crippen molar-refractivity contribution in [1.82, 2.24) is 10.2 Å². The molecule has 0 amide bonds. The van der Waals surface area contributed by atoms with Gasteiger partial charge in [0.15, 0.2) is 0 Å². The van der Waals surface area contributed by atoms with Crippen molar-refractivity contribution < 1.29 is 0 Å². The fraction of sp³-hybridized carbons (Fsp3) is 0.692. The molecule has 0 spiro atoms. The Bertz CT molecular complexity index is 347. The number of piperidine rings is 1. The number of nitrogens with one attached hydrogen (secondary N) is 1. The third kappa shape index (κ3) is 3.31. The summed E-state index contributed by atoms with van der Waals surface area (Å²) in [7, 11) is 0. The highest BCUT2D eigenvalue weighted by atomic mass is 79.9. The second-order valence-corrected chi connectivity index (χ2v) is 6.53. The van der Waals surface area contributed by atoms with Crippen LogP contribution in [-0.4, -0.2) is 30.6 Å². The van der Waals surface area contributed by atoms with Gasteiger partial charge in [-0.15, -0.1) is 11.3 Å². The van der Waals surface area contributed by atoms with Crippen molar-refractivity contribution in [2.24, 2.45) is 0 Å². The van der Waals surface area contributed by atoms with E-state index < -0.39 is 0 Å². The number of likely N-dealkylation sites (N-methyl/N-ethyl adjacent to an activating group) is 1. The molecule has 2 atom stereocenters. The van der Waals surface area contributed by atoms with Crippen LogP contribution >= 0.6 is 27.3 Å². The highest BCUT2D eigenvalue weighted by Gasteiger charge is 2.25. The van der Waals surface area contributed by atoms with Crippen molar-refractivity contribution in [3.63, 3.8) is 0 Å². The number of hydrogen-bond donors (Lipinski definition) is 1. The van der Waals surface area contributed by atoms with E-state index in [1.807, 2.05) is 11.3 Å². The standard InChI is InChI=1S/C13H21BrN2S/c1-3-16(12-5-4-6-15-8-12)10(2)13-7-11(14)9-17-13/h7,9-10,12,15H,3-6,8H2,1-2H3. The van der Waals surface area contributed by atoms with Crippen molar-refractivity contribution in [3.8, 4) is 0 Å². The third-order valence-electron chi connectivity index (χ3n) is 3.60. The van der Waals surface area contributed by atoms with Crippen LogP contribution in [0.2, 0.25) is 0 Å². The summed E-state index contributed by atoms with van der Waals surface area (Å²) in [4.78, 5) is 4.09. The highest BCUT2D eigenvalue weighted by Crippen LogP contribution is 2.31. The van der Waals surface area contributed by atoms with Gasteiger partial charge in [-0.05, 0) is 54.9 Å². The van der Waals surface area contributed by atoms with Gasteiger partial charge in [-0.25, -0.2) is 0 Å². The minimum absolute atomic E-state index is 0.529. The maximum atomic E-state index is 3.55. The van der Waals surface area contributed by atoms with Crippen LogP contribution in [0.4, 0.5) is 0 Å². The molecule has 0 bridgehead atoms. The zero-order valence-corrected chi connectivity index (χ0v) is 13.0. The molecule has 0 aliphatic carbocycles. The molecular weight excluding hydrogens is 296 g/mol. The summed E-state index contributed by atoms with van der Waals surface area (Å²) in [6, 6.07) is 3.49. The van der Waals surface area contributed by atoms with Crippen LogP contribution in [0.25, 0.3) is 0 Å². The Morgan fingerprint density at radius 3 is 3.00 bits per heavy atom. The largest absolute Gasteiger partial charge is 0.315 e. The lowest BCUT2D eigenvalue weighted by Gasteiger charge is -2.37. The minimum atomic E-state index is 0.529. The molecule has 1 N–H and O–H groups in total. The van der Waals surface area contributed by atoms with Gasteiger partial charge in [-0.1, -0.05) is 6.92 Å². The monoisotopic (exact) mass is 316 g/mol. The molecule has 2 unspecified atom stereocenters. The lowest BCUT2D eigenvalue weighted by atomic mass is 10.0. The number of rotatable bonds is 4. The third-order valence-corrected chi connectivity index (χ3v) is 5.47. The lowest BCUT2D eigenvalue weighted by molar-refractivity contribution is 0.130. The number of hydrogen-bond acceptors (Lipinski definition) is 3. The normalized spacial score (nSPS) is 22.9. The van der Waals surface area contributed by atoms with Gasteiger partial charge in [0.25, 0.3) is 0 Å². The first-order chi connectivity index (χ1) is 8.22. The van der Waals surface area contributed by atoms with E-state index >= 15 is 0 Å². The van der Waals surface area contributed by atoms with E-state index in [1.54, 1.807) is 0 Å². The first-order valence-corrected chi connectivity index (χ1v) is 8.10. The maximum Gasteiger partial charge on any atom is 0.0417 e. The molecule has 17 heavy (non-hydrogen) atoms. The summed E-state index contributed by atoms with van der Waals surface area (Å²) >= 11 is 5.40. The fourth-order valence-corrected chi connectivity index (χ4v) is 4.20. The lowest BCUT2D eigenvalue weighted by Crippen LogP contribution is -2.46. The van der Waals surface area contributed by atoms with E-state index in [1.165, 1.54) is 28.7 Å². The Balaban J connectivity index is 2.06. The maximum absolute atomic E-state index is 3.55. The number of thiophene rings is 1. The van der Waals surface area contributed by atoms with Gasteiger partial charge in [0.2, 0.25) is 0 Å². The van der Waals surface area contributed by atoms with Crippen LogP contribution < -0.4 is 5.32 Å². The Labute approximate surface area is 117 Å². The van der Waals surface area contributed by atoms with Crippen LogP contribution in [0.15, 0.2) is 15.9 Å². The van der Waals surface area contributed by atoms with E-state index in [0.717, 1.165) is 13.1 Å². The minimum Gasteiger partial charge on any atom is -0.315 e.